The molecular weight excluding hydrogens is 388 g/mol. The number of carboxylic acids is 1. The molecule has 0 unspecified atom stereocenters. The van der Waals surface area contributed by atoms with Crippen molar-refractivity contribution in [2.75, 3.05) is 31.1 Å². The second-order valence-electron chi connectivity index (χ2n) is 6.36. The summed E-state index contributed by atoms with van der Waals surface area (Å²) in [6, 6.07) is 18.8. The monoisotopic (exact) mass is 408 g/mol. The number of ether oxygens (including phenoxy) is 2. The summed E-state index contributed by atoms with van der Waals surface area (Å²) in [4.78, 5) is 15.8. The van der Waals surface area contributed by atoms with E-state index >= 15 is 0 Å². The van der Waals surface area contributed by atoms with Crippen LogP contribution in [0.1, 0.15) is 10.4 Å². The fraction of sp³-hybridized carbons (Fsp3) is 0.136. The van der Waals surface area contributed by atoms with Crippen LogP contribution >= 0.6 is 11.8 Å². The topological polar surface area (TPSA) is 71.0 Å². The number of nitrogens with one attached hydrogen (secondary N) is 1. The molecule has 0 fully saturated rings. The van der Waals surface area contributed by atoms with Gasteiger partial charge in [0, 0.05) is 9.79 Å². The van der Waals surface area contributed by atoms with Gasteiger partial charge in [-0.15, -0.1) is 0 Å². The molecule has 0 spiro atoms. The summed E-state index contributed by atoms with van der Waals surface area (Å²) in [5.74, 6) is 0.522. The van der Waals surface area contributed by atoms with Crippen LogP contribution < -0.4 is 19.7 Å². The summed E-state index contributed by atoms with van der Waals surface area (Å²) in [5, 5.41) is 13.1. The second-order valence-corrected chi connectivity index (χ2v) is 7.44. The Bertz CT molecular complexity index is 1070. The maximum absolute atomic E-state index is 11.9. The molecule has 0 radical (unpaired) electrons. The molecule has 1 aliphatic heterocycles. The van der Waals surface area contributed by atoms with Gasteiger partial charge in [-0.3, -0.25) is 0 Å². The van der Waals surface area contributed by atoms with Crippen molar-refractivity contribution in [2.24, 2.45) is 0 Å². The van der Waals surface area contributed by atoms with Crippen LogP contribution in [-0.4, -0.2) is 32.0 Å². The standard InChI is InChI=1S/C22H20N2O4S/c1-27-14-10-11-17-20(12-14)29-19-9-5-6-15(22(25)26)21(19)24(17)13-23-16-7-3-4-8-18(16)28-2/h3-12,23H,13H2,1-2H3,(H,25,26). The van der Waals surface area contributed by atoms with E-state index in [1.165, 1.54) is 11.8 Å². The molecule has 1 heterocycles. The van der Waals surface area contributed by atoms with Crippen molar-refractivity contribution in [3.8, 4) is 11.5 Å². The van der Waals surface area contributed by atoms with Gasteiger partial charge in [0.1, 0.15) is 11.5 Å². The highest BCUT2D eigenvalue weighted by atomic mass is 32.2. The molecule has 148 valence electrons. The van der Waals surface area contributed by atoms with Gasteiger partial charge >= 0.3 is 5.97 Å². The maximum Gasteiger partial charge on any atom is 0.337 e. The lowest BCUT2D eigenvalue weighted by molar-refractivity contribution is 0.0697. The number of rotatable bonds is 6. The zero-order valence-corrected chi connectivity index (χ0v) is 16.8. The molecule has 1 aliphatic rings. The maximum atomic E-state index is 11.9. The molecule has 0 aromatic heterocycles. The van der Waals surface area contributed by atoms with Gasteiger partial charge in [0.25, 0.3) is 0 Å². The number of carboxylic acid groups (broad SMARTS) is 1. The number of anilines is 3. The Hall–Kier alpha value is -3.32. The number of aromatic carboxylic acids is 1. The van der Waals surface area contributed by atoms with Gasteiger partial charge in [-0.1, -0.05) is 30.0 Å². The summed E-state index contributed by atoms with van der Waals surface area (Å²) in [6.45, 7) is 0.373. The number of benzene rings is 3. The van der Waals surface area contributed by atoms with Gasteiger partial charge in [-0.25, -0.2) is 4.79 Å². The summed E-state index contributed by atoms with van der Waals surface area (Å²) in [5.41, 5.74) is 2.68. The third-order valence-corrected chi connectivity index (χ3v) is 5.81. The van der Waals surface area contributed by atoms with E-state index in [0.29, 0.717) is 12.4 Å². The largest absolute Gasteiger partial charge is 0.497 e. The third kappa shape index (κ3) is 3.56. The third-order valence-electron chi connectivity index (χ3n) is 4.71. The van der Waals surface area contributed by atoms with E-state index in [0.717, 1.165) is 32.7 Å². The minimum absolute atomic E-state index is 0.262. The molecule has 3 aromatic rings. The van der Waals surface area contributed by atoms with Crippen molar-refractivity contribution in [1.82, 2.24) is 0 Å². The van der Waals surface area contributed by atoms with Crippen molar-refractivity contribution in [3.63, 3.8) is 0 Å². The van der Waals surface area contributed by atoms with Crippen molar-refractivity contribution in [3.05, 3.63) is 66.2 Å². The lowest BCUT2D eigenvalue weighted by Gasteiger charge is -2.34. The Labute approximate surface area is 173 Å². The quantitative estimate of drug-likeness (QED) is 0.590. The predicted octanol–water partition coefficient (Wildman–Crippen LogP) is 5.07. The van der Waals surface area contributed by atoms with E-state index in [2.05, 4.69) is 5.32 Å². The highest BCUT2D eigenvalue weighted by molar-refractivity contribution is 7.99. The molecule has 2 N–H and O–H groups in total. The van der Waals surface area contributed by atoms with Crippen LogP contribution in [0.4, 0.5) is 17.1 Å². The van der Waals surface area contributed by atoms with Crippen LogP contribution in [-0.2, 0) is 0 Å². The first kappa shape index (κ1) is 19.0. The van der Waals surface area contributed by atoms with E-state index in [1.54, 1.807) is 26.4 Å². The van der Waals surface area contributed by atoms with Crippen LogP contribution in [0.2, 0.25) is 0 Å². The minimum atomic E-state index is -0.957. The Kier molecular flexibility index (Phi) is 5.22. The van der Waals surface area contributed by atoms with Crippen molar-refractivity contribution in [1.29, 1.82) is 0 Å². The fourth-order valence-electron chi connectivity index (χ4n) is 3.34. The van der Waals surface area contributed by atoms with E-state index in [9.17, 15) is 9.90 Å². The summed E-state index contributed by atoms with van der Waals surface area (Å²) in [6.07, 6.45) is 0. The Balaban J connectivity index is 1.78. The molecule has 0 atom stereocenters. The molecule has 29 heavy (non-hydrogen) atoms. The van der Waals surface area contributed by atoms with Gasteiger partial charge in [0.2, 0.25) is 0 Å². The summed E-state index contributed by atoms with van der Waals surface area (Å²) in [7, 11) is 3.25. The van der Waals surface area contributed by atoms with Gasteiger partial charge in [0.15, 0.2) is 0 Å². The number of hydrogen-bond donors (Lipinski definition) is 2. The zero-order chi connectivity index (χ0) is 20.4. The normalized spacial score (nSPS) is 12.0. The van der Waals surface area contributed by atoms with Crippen LogP contribution in [0.5, 0.6) is 11.5 Å². The van der Waals surface area contributed by atoms with Gasteiger partial charge in [0.05, 0.1) is 43.5 Å². The molecule has 6 nitrogen and oxygen atoms in total. The Morgan fingerprint density at radius 2 is 1.86 bits per heavy atom. The van der Waals surface area contributed by atoms with Crippen LogP contribution in [0.15, 0.2) is 70.5 Å². The average Bonchev–Trinajstić information content (AvgIpc) is 2.75. The van der Waals surface area contributed by atoms with E-state index in [-0.39, 0.29) is 5.56 Å². The van der Waals surface area contributed by atoms with E-state index in [1.807, 2.05) is 53.4 Å². The molecule has 0 aliphatic carbocycles. The first-order valence-corrected chi connectivity index (χ1v) is 9.80. The number of fused-ring (bicyclic) bond motifs is 2. The Morgan fingerprint density at radius 1 is 1.03 bits per heavy atom. The van der Waals surface area contributed by atoms with Crippen molar-refractivity contribution in [2.45, 2.75) is 9.79 Å². The van der Waals surface area contributed by atoms with Gasteiger partial charge in [-0.2, -0.15) is 0 Å². The Morgan fingerprint density at radius 3 is 2.62 bits per heavy atom. The lowest BCUT2D eigenvalue weighted by Crippen LogP contribution is -2.29. The minimum Gasteiger partial charge on any atom is -0.497 e. The summed E-state index contributed by atoms with van der Waals surface area (Å²) < 4.78 is 10.8. The fourth-order valence-corrected chi connectivity index (χ4v) is 4.50. The lowest BCUT2D eigenvalue weighted by atomic mass is 10.1. The number of hydrogen-bond acceptors (Lipinski definition) is 6. The second kappa shape index (κ2) is 7.97. The molecule has 7 heteroatoms. The number of methoxy groups -OCH3 is 2. The van der Waals surface area contributed by atoms with Crippen molar-refractivity contribution < 1.29 is 19.4 Å². The SMILES string of the molecule is COc1ccc2c(c1)Sc1cccc(C(=O)O)c1N2CNc1ccccc1OC. The molecule has 0 bridgehead atoms. The molecule has 0 amide bonds. The highest BCUT2D eigenvalue weighted by Gasteiger charge is 2.28. The number of nitrogens with zero attached hydrogens (tertiary/aromatic N) is 1. The highest BCUT2D eigenvalue weighted by Crippen LogP contribution is 2.50. The first-order valence-electron chi connectivity index (χ1n) is 8.99. The van der Waals surface area contributed by atoms with Crippen LogP contribution in [0.25, 0.3) is 0 Å². The number of carbonyl (C=O) groups is 1. The van der Waals surface area contributed by atoms with Crippen molar-refractivity contribution >= 4 is 34.8 Å². The molecular formula is C22H20N2O4S. The van der Waals surface area contributed by atoms with Crippen LogP contribution in [0.3, 0.4) is 0 Å². The molecule has 4 rings (SSSR count). The molecule has 0 saturated carbocycles. The zero-order valence-electron chi connectivity index (χ0n) is 16.0. The van der Waals surface area contributed by atoms with E-state index < -0.39 is 5.97 Å². The molecule has 0 saturated heterocycles. The van der Waals surface area contributed by atoms with E-state index in [4.69, 9.17) is 9.47 Å². The van der Waals surface area contributed by atoms with Gasteiger partial charge in [-0.05, 0) is 42.5 Å². The summed E-state index contributed by atoms with van der Waals surface area (Å²) >= 11 is 1.54. The number of para-hydroxylation sites is 3. The smallest absolute Gasteiger partial charge is 0.337 e. The van der Waals surface area contributed by atoms with Gasteiger partial charge < -0.3 is 24.8 Å². The average molecular weight is 408 g/mol. The molecule has 3 aromatic carbocycles. The first-order chi connectivity index (χ1) is 14.1. The van der Waals surface area contributed by atoms with Crippen LogP contribution in [0, 0.1) is 0 Å². The predicted molar refractivity (Wildman–Crippen MR) is 114 cm³/mol.